The second kappa shape index (κ2) is 5.06. The maximum atomic E-state index is 12.5. The van der Waals surface area contributed by atoms with Gasteiger partial charge in [0.1, 0.15) is 4.90 Å². The van der Waals surface area contributed by atoms with Crippen LogP contribution in [0.1, 0.15) is 15.4 Å². The molecule has 0 bridgehead atoms. The molecular weight excluding hydrogens is 320 g/mol. The Labute approximate surface area is 132 Å². The van der Waals surface area contributed by atoms with Gasteiger partial charge in [-0.2, -0.15) is 5.10 Å². The van der Waals surface area contributed by atoms with Gasteiger partial charge in [0.2, 0.25) is 0 Å². The largest absolute Gasteiger partial charge is 0.278 e. The van der Waals surface area contributed by atoms with E-state index in [1.165, 1.54) is 17.5 Å². The number of hydrogen-bond acceptors (Lipinski definition) is 5. The van der Waals surface area contributed by atoms with E-state index in [2.05, 4.69) is 14.8 Å². The summed E-state index contributed by atoms with van der Waals surface area (Å²) in [6.07, 6.45) is 1.51. The fourth-order valence-corrected chi connectivity index (χ4v) is 5.04. The van der Waals surface area contributed by atoms with E-state index in [9.17, 15) is 8.42 Å². The molecule has 0 fully saturated rings. The van der Waals surface area contributed by atoms with Crippen molar-refractivity contribution in [1.82, 2.24) is 14.8 Å². The number of rotatable bonds is 3. The highest BCUT2D eigenvalue weighted by Crippen LogP contribution is 2.27. The van der Waals surface area contributed by atoms with Crippen molar-refractivity contribution in [3.8, 4) is 0 Å². The summed E-state index contributed by atoms with van der Waals surface area (Å²) >= 11 is 1.47. The second-order valence-electron chi connectivity index (χ2n) is 5.19. The maximum absolute atomic E-state index is 12.5. The van der Waals surface area contributed by atoms with E-state index in [-0.39, 0.29) is 0 Å². The Hall–Kier alpha value is -1.93. The zero-order valence-corrected chi connectivity index (χ0v) is 14.3. The van der Waals surface area contributed by atoms with Gasteiger partial charge in [0, 0.05) is 22.2 Å². The minimum atomic E-state index is -3.60. The number of aryl methyl sites for hydroxylation is 4. The van der Waals surface area contributed by atoms with Crippen molar-refractivity contribution in [3.05, 3.63) is 33.8 Å². The van der Waals surface area contributed by atoms with Crippen LogP contribution in [0.15, 0.2) is 23.2 Å². The third-order valence-corrected chi connectivity index (χ3v) is 6.00. The van der Waals surface area contributed by atoms with Gasteiger partial charge in [0.05, 0.1) is 17.6 Å². The van der Waals surface area contributed by atoms with Gasteiger partial charge in [-0.15, -0.1) is 11.3 Å². The molecule has 22 heavy (non-hydrogen) atoms. The predicted molar refractivity (Wildman–Crippen MR) is 87.8 cm³/mol. The summed E-state index contributed by atoms with van der Waals surface area (Å²) in [6.45, 7) is 5.57. The topological polar surface area (TPSA) is 76.9 Å². The smallest absolute Gasteiger partial charge is 0.263 e. The molecule has 3 rings (SSSR count). The van der Waals surface area contributed by atoms with Crippen molar-refractivity contribution < 1.29 is 8.42 Å². The molecule has 3 heterocycles. The number of nitrogens with one attached hydrogen (secondary N) is 1. The van der Waals surface area contributed by atoms with E-state index in [0.717, 1.165) is 26.5 Å². The van der Waals surface area contributed by atoms with Gasteiger partial charge in [0.15, 0.2) is 5.65 Å². The highest BCUT2D eigenvalue weighted by Gasteiger charge is 2.20. The number of nitrogens with zero attached hydrogens (tertiary/aromatic N) is 3. The first-order valence-corrected chi connectivity index (χ1v) is 8.97. The van der Waals surface area contributed by atoms with Gasteiger partial charge in [-0.25, -0.2) is 13.4 Å². The lowest BCUT2D eigenvalue weighted by Crippen LogP contribution is -2.13. The molecule has 8 heteroatoms. The predicted octanol–water partition coefficient (Wildman–Crippen LogP) is 2.76. The molecule has 0 unspecified atom stereocenters. The van der Waals surface area contributed by atoms with Crippen LogP contribution in [-0.4, -0.2) is 23.2 Å². The molecule has 3 aromatic rings. The molecule has 0 saturated carbocycles. The summed E-state index contributed by atoms with van der Waals surface area (Å²) in [5.41, 5.74) is 1.98. The summed E-state index contributed by atoms with van der Waals surface area (Å²) in [7, 11) is -1.80. The average Bonchev–Trinajstić information content (AvgIpc) is 2.90. The lowest BCUT2D eigenvalue weighted by molar-refractivity contribution is 0.601. The Morgan fingerprint density at radius 1 is 1.23 bits per heavy atom. The normalized spacial score (nSPS) is 12.0. The molecule has 6 nitrogen and oxygen atoms in total. The fraction of sp³-hybridized carbons (Fsp3) is 0.286. The SMILES string of the molecule is Cc1cc(S(=O)(=O)Nc2cnc3c(c2)c(C)nn3C)c(C)s1. The number of thiophene rings is 1. The van der Waals surface area contributed by atoms with Crippen LogP contribution in [-0.2, 0) is 17.1 Å². The van der Waals surface area contributed by atoms with E-state index in [1.54, 1.807) is 23.7 Å². The summed E-state index contributed by atoms with van der Waals surface area (Å²) in [4.78, 5) is 6.34. The summed E-state index contributed by atoms with van der Waals surface area (Å²) < 4.78 is 29.3. The molecular formula is C14H16N4O2S2. The lowest BCUT2D eigenvalue weighted by atomic mass is 10.3. The third kappa shape index (κ3) is 2.48. The third-order valence-electron chi connectivity index (χ3n) is 3.40. The van der Waals surface area contributed by atoms with Crippen molar-refractivity contribution in [3.63, 3.8) is 0 Å². The molecule has 0 atom stereocenters. The number of fused-ring (bicyclic) bond motifs is 1. The molecule has 0 spiro atoms. The van der Waals surface area contributed by atoms with Crippen molar-refractivity contribution in [2.75, 3.05) is 4.72 Å². The fourth-order valence-electron chi connectivity index (χ4n) is 2.45. The van der Waals surface area contributed by atoms with Crippen LogP contribution >= 0.6 is 11.3 Å². The monoisotopic (exact) mass is 336 g/mol. The van der Waals surface area contributed by atoms with Gasteiger partial charge in [-0.3, -0.25) is 9.40 Å². The van der Waals surface area contributed by atoms with E-state index in [1.807, 2.05) is 20.9 Å². The van der Waals surface area contributed by atoms with E-state index in [4.69, 9.17) is 0 Å². The number of pyridine rings is 1. The molecule has 1 N–H and O–H groups in total. The van der Waals surface area contributed by atoms with Gasteiger partial charge in [-0.1, -0.05) is 0 Å². The Morgan fingerprint density at radius 2 is 1.95 bits per heavy atom. The number of aromatic nitrogens is 3. The number of anilines is 1. The van der Waals surface area contributed by atoms with Crippen molar-refractivity contribution in [2.24, 2.45) is 7.05 Å². The van der Waals surface area contributed by atoms with Gasteiger partial charge >= 0.3 is 0 Å². The van der Waals surface area contributed by atoms with E-state index < -0.39 is 10.0 Å². The Bertz CT molecular complexity index is 970. The summed E-state index contributed by atoms with van der Waals surface area (Å²) in [6, 6.07) is 3.44. The van der Waals surface area contributed by atoms with Gasteiger partial charge in [0.25, 0.3) is 10.0 Å². The lowest BCUT2D eigenvalue weighted by Gasteiger charge is -2.07. The van der Waals surface area contributed by atoms with Gasteiger partial charge < -0.3 is 0 Å². The standard InChI is InChI=1S/C14H16N4O2S2/c1-8-5-13(10(3)21-8)22(19,20)17-11-6-12-9(2)16-18(4)14(12)15-7-11/h5-7,17H,1-4H3. The van der Waals surface area contributed by atoms with Crippen molar-refractivity contribution in [2.45, 2.75) is 25.7 Å². The van der Waals surface area contributed by atoms with E-state index in [0.29, 0.717) is 10.6 Å². The van der Waals surface area contributed by atoms with Crippen LogP contribution in [0.2, 0.25) is 0 Å². The minimum absolute atomic E-state index is 0.318. The molecule has 0 aromatic carbocycles. The van der Waals surface area contributed by atoms with Crippen molar-refractivity contribution in [1.29, 1.82) is 0 Å². The molecule has 0 radical (unpaired) electrons. The van der Waals surface area contributed by atoms with Crippen LogP contribution in [0, 0.1) is 20.8 Å². The van der Waals surface area contributed by atoms with Crippen LogP contribution in [0.25, 0.3) is 11.0 Å². The quantitative estimate of drug-likeness (QED) is 0.798. The molecule has 0 amide bonds. The first-order chi connectivity index (χ1) is 10.3. The summed E-state index contributed by atoms with van der Waals surface area (Å²) in [5, 5.41) is 5.12. The molecule has 0 aliphatic rings. The van der Waals surface area contributed by atoms with Crippen LogP contribution in [0.5, 0.6) is 0 Å². The van der Waals surface area contributed by atoms with E-state index >= 15 is 0 Å². The first kappa shape index (κ1) is 15.0. The summed E-state index contributed by atoms with van der Waals surface area (Å²) in [5.74, 6) is 0. The zero-order chi connectivity index (χ0) is 16.1. The Balaban J connectivity index is 2.02. The van der Waals surface area contributed by atoms with Crippen LogP contribution < -0.4 is 4.72 Å². The number of sulfonamides is 1. The second-order valence-corrected chi connectivity index (χ2v) is 8.30. The highest BCUT2D eigenvalue weighted by atomic mass is 32.2. The molecule has 0 saturated heterocycles. The molecule has 0 aliphatic carbocycles. The van der Waals surface area contributed by atoms with Crippen molar-refractivity contribution >= 4 is 38.1 Å². The Morgan fingerprint density at radius 3 is 2.59 bits per heavy atom. The molecule has 116 valence electrons. The first-order valence-electron chi connectivity index (χ1n) is 6.67. The highest BCUT2D eigenvalue weighted by molar-refractivity contribution is 7.93. The average molecular weight is 336 g/mol. The number of hydrogen-bond donors (Lipinski definition) is 1. The maximum Gasteiger partial charge on any atom is 0.263 e. The Kier molecular flexibility index (Phi) is 3.45. The van der Waals surface area contributed by atoms with Crippen LogP contribution in [0.3, 0.4) is 0 Å². The van der Waals surface area contributed by atoms with Gasteiger partial charge in [-0.05, 0) is 32.9 Å². The minimum Gasteiger partial charge on any atom is -0.278 e. The molecule has 3 aromatic heterocycles. The molecule has 0 aliphatic heterocycles. The zero-order valence-electron chi connectivity index (χ0n) is 12.7. The van der Waals surface area contributed by atoms with Crippen LogP contribution in [0.4, 0.5) is 5.69 Å².